The molecule has 4 fully saturated rings. The Kier molecular flexibility index (Phi) is 5.70. The number of esters is 1. The molecule has 1 saturated heterocycles. The van der Waals surface area contributed by atoms with Crippen LogP contribution >= 0.6 is 12.6 Å². The SMILES string of the molecule is C[C@@H]1C[C@H]2[C@@H]3C[C@H](F)C4=CC(=O)C=C[C@]4(C)[C@@]3(F)[C@@H](O)C[C@]2(C)[C@@]1(OC(=O)C1CCCO1)C(=O)S. The summed E-state index contributed by atoms with van der Waals surface area (Å²) < 4.78 is 44.3. The highest BCUT2D eigenvalue weighted by atomic mass is 32.1. The topological polar surface area (TPSA) is 89.9 Å². The molecule has 1 unspecified atom stereocenters. The Bertz CT molecular complexity index is 1040. The van der Waals surface area contributed by atoms with Gasteiger partial charge in [-0.3, -0.25) is 9.59 Å². The molecular formula is C26H32F2O6S. The summed E-state index contributed by atoms with van der Waals surface area (Å²) in [6.07, 6.45) is 0.849. The van der Waals surface area contributed by atoms with Gasteiger partial charge in [-0.25, -0.2) is 13.6 Å². The summed E-state index contributed by atoms with van der Waals surface area (Å²) in [7, 11) is 0. The van der Waals surface area contributed by atoms with Crippen LogP contribution in [0.1, 0.15) is 52.9 Å². The smallest absolute Gasteiger partial charge is 0.336 e. The summed E-state index contributed by atoms with van der Waals surface area (Å²) in [4.78, 5) is 38.2. The maximum Gasteiger partial charge on any atom is 0.336 e. The van der Waals surface area contributed by atoms with Crippen molar-refractivity contribution in [1.29, 1.82) is 0 Å². The standard InChI is InChI=1S/C26H32F2O6S/c1-13-9-15-16-11-18(27)17-10-14(29)6-7-23(17,2)25(16,28)20(30)12-24(15,3)26(13,22(32)35)34-21(31)19-5-4-8-33-19/h6-7,10,13,15-16,18-20,30H,4-5,8-9,11-12H2,1-3H3,(H,32,35)/t13-,15+,16+,18+,19?,20+,23+,24+,25+,26+/m1/s1. The fourth-order valence-electron chi connectivity index (χ4n) is 8.23. The van der Waals surface area contributed by atoms with E-state index >= 15 is 8.78 Å². The highest BCUT2D eigenvalue weighted by molar-refractivity contribution is 7.96. The second-order valence-electron chi connectivity index (χ2n) is 11.5. The van der Waals surface area contributed by atoms with Gasteiger partial charge in [-0.15, -0.1) is 12.6 Å². The molecule has 5 rings (SSSR count). The van der Waals surface area contributed by atoms with Crippen LogP contribution in [0, 0.1) is 28.6 Å². The number of aliphatic hydroxyl groups excluding tert-OH is 1. The summed E-state index contributed by atoms with van der Waals surface area (Å²) in [6, 6.07) is 0. The van der Waals surface area contributed by atoms with E-state index in [9.17, 15) is 19.5 Å². The maximum atomic E-state index is 17.3. The summed E-state index contributed by atoms with van der Waals surface area (Å²) in [5.74, 6) is -3.14. The minimum Gasteiger partial charge on any atom is -0.447 e. The van der Waals surface area contributed by atoms with Crippen LogP contribution in [0.5, 0.6) is 0 Å². The van der Waals surface area contributed by atoms with Gasteiger partial charge in [0.25, 0.3) is 0 Å². The van der Waals surface area contributed by atoms with Crippen molar-refractivity contribution in [1.82, 2.24) is 0 Å². The molecule has 10 atom stereocenters. The van der Waals surface area contributed by atoms with E-state index < -0.39 is 75.1 Å². The van der Waals surface area contributed by atoms with E-state index in [1.807, 2.05) is 0 Å². The van der Waals surface area contributed by atoms with E-state index in [-0.39, 0.29) is 18.4 Å². The molecule has 0 aromatic heterocycles. The Hall–Kier alpha value is -1.58. The first-order valence-electron chi connectivity index (χ1n) is 12.4. The van der Waals surface area contributed by atoms with Crippen LogP contribution in [-0.4, -0.2) is 58.2 Å². The van der Waals surface area contributed by atoms with Gasteiger partial charge in [-0.1, -0.05) is 19.9 Å². The highest BCUT2D eigenvalue weighted by Gasteiger charge is 2.78. The van der Waals surface area contributed by atoms with Gasteiger partial charge < -0.3 is 14.6 Å². The van der Waals surface area contributed by atoms with Crippen LogP contribution in [0.3, 0.4) is 0 Å². The molecule has 4 aliphatic carbocycles. The van der Waals surface area contributed by atoms with Gasteiger partial charge >= 0.3 is 5.97 Å². The number of ether oxygens (including phenoxy) is 2. The molecular weight excluding hydrogens is 478 g/mol. The quantitative estimate of drug-likeness (QED) is 0.447. The van der Waals surface area contributed by atoms with Crippen LogP contribution in [0.15, 0.2) is 23.8 Å². The van der Waals surface area contributed by atoms with E-state index in [0.717, 1.165) is 6.08 Å². The van der Waals surface area contributed by atoms with Crippen LogP contribution in [0.4, 0.5) is 8.78 Å². The van der Waals surface area contributed by atoms with Crippen molar-refractivity contribution < 1.29 is 37.7 Å². The van der Waals surface area contributed by atoms with Crippen molar-refractivity contribution in [3.05, 3.63) is 23.8 Å². The van der Waals surface area contributed by atoms with E-state index in [1.54, 1.807) is 13.8 Å². The van der Waals surface area contributed by atoms with E-state index in [0.29, 0.717) is 25.9 Å². The van der Waals surface area contributed by atoms with Gasteiger partial charge in [-0.2, -0.15) is 0 Å². The lowest BCUT2D eigenvalue weighted by Gasteiger charge is -2.63. The number of alkyl halides is 2. The lowest BCUT2D eigenvalue weighted by atomic mass is 9.44. The van der Waals surface area contributed by atoms with Crippen molar-refractivity contribution in [2.75, 3.05) is 6.61 Å². The first kappa shape index (κ1) is 25.1. The Morgan fingerprint density at radius 2 is 1.97 bits per heavy atom. The molecule has 1 heterocycles. The molecule has 0 aromatic carbocycles. The van der Waals surface area contributed by atoms with E-state index in [1.165, 1.54) is 19.1 Å². The Balaban J connectivity index is 1.60. The molecule has 9 heteroatoms. The highest BCUT2D eigenvalue weighted by Crippen LogP contribution is 2.71. The van der Waals surface area contributed by atoms with Crippen molar-refractivity contribution in [3.8, 4) is 0 Å². The molecule has 0 bridgehead atoms. The largest absolute Gasteiger partial charge is 0.447 e. The van der Waals surface area contributed by atoms with Crippen molar-refractivity contribution in [3.63, 3.8) is 0 Å². The lowest BCUT2D eigenvalue weighted by Crippen LogP contribution is -2.70. The second kappa shape index (κ2) is 7.96. The summed E-state index contributed by atoms with van der Waals surface area (Å²) >= 11 is 4.15. The van der Waals surface area contributed by atoms with Crippen LogP contribution in [0.25, 0.3) is 0 Å². The predicted octanol–water partition coefficient (Wildman–Crippen LogP) is 3.47. The van der Waals surface area contributed by atoms with Gasteiger partial charge in [0, 0.05) is 29.3 Å². The Morgan fingerprint density at radius 1 is 1.26 bits per heavy atom. The molecule has 0 radical (unpaired) electrons. The molecule has 0 aromatic rings. The zero-order chi connectivity index (χ0) is 25.6. The number of thiol groups is 1. The molecule has 0 spiro atoms. The van der Waals surface area contributed by atoms with Gasteiger partial charge in [0.2, 0.25) is 5.12 Å². The number of ketones is 1. The van der Waals surface area contributed by atoms with Crippen LogP contribution in [-0.2, 0) is 23.9 Å². The van der Waals surface area contributed by atoms with Crippen LogP contribution < -0.4 is 0 Å². The minimum atomic E-state index is -2.27. The fourth-order valence-corrected chi connectivity index (χ4v) is 8.75. The normalized spacial score (nSPS) is 50.7. The number of hydrogen-bond acceptors (Lipinski definition) is 6. The van der Waals surface area contributed by atoms with Gasteiger partial charge in [0.1, 0.15) is 6.17 Å². The minimum absolute atomic E-state index is 0.0405. The molecule has 6 nitrogen and oxygen atoms in total. The van der Waals surface area contributed by atoms with E-state index in [4.69, 9.17) is 9.47 Å². The van der Waals surface area contributed by atoms with Crippen molar-refractivity contribution in [2.24, 2.45) is 28.6 Å². The Labute approximate surface area is 208 Å². The third kappa shape index (κ3) is 3.04. The van der Waals surface area contributed by atoms with Gasteiger partial charge in [0.15, 0.2) is 23.2 Å². The number of hydrogen-bond donors (Lipinski definition) is 2. The third-order valence-corrected chi connectivity index (χ3v) is 10.3. The number of fused-ring (bicyclic) bond motifs is 5. The molecule has 5 aliphatic rings. The fraction of sp³-hybridized carbons (Fsp3) is 0.731. The molecule has 1 aliphatic heterocycles. The summed E-state index contributed by atoms with van der Waals surface area (Å²) in [5, 5.41) is 10.8. The monoisotopic (exact) mass is 510 g/mol. The number of carbonyl (C=O) groups is 3. The zero-order valence-electron chi connectivity index (χ0n) is 20.1. The van der Waals surface area contributed by atoms with Crippen molar-refractivity contribution in [2.45, 2.75) is 82.5 Å². The molecule has 35 heavy (non-hydrogen) atoms. The number of rotatable bonds is 3. The number of allylic oxidation sites excluding steroid dienone is 4. The predicted molar refractivity (Wildman–Crippen MR) is 125 cm³/mol. The number of carbonyl (C=O) groups excluding carboxylic acids is 3. The Morgan fingerprint density at radius 3 is 2.60 bits per heavy atom. The average molecular weight is 511 g/mol. The molecule has 192 valence electrons. The maximum absolute atomic E-state index is 17.3. The average Bonchev–Trinajstić information content (AvgIpc) is 3.39. The van der Waals surface area contributed by atoms with E-state index in [2.05, 4.69) is 12.6 Å². The first-order valence-corrected chi connectivity index (χ1v) is 12.8. The number of halogens is 2. The molecule has 0 amide bonds. The summed E-state index contributed by atoms with van der Waals surface area (Å²) in [5.41, 5.74) is -6.63. The molecule has 1 N–H and O–H groups in total. The third-order valence-electron chi connectivity index (χ3n) is 9.94. The van der Waals surface area contributed by atoms with Crippen molar-refractivity contribution >= 4 is 29.5 Å². The summed E-state index contributed by atoms with van der Waals surface area (Å²) in [6.45, 7) is 5.43. The lowest BCUT2D eigenvalue weighted by molar-refractivity contribution is -0.231. The second-order valence-corrected chi connectivity index (χ2v) is 11.9. The van der Waals surface area contributed by atoms with Gasteiger partial charge in [-0.05, 0) is 62.7 Å². The molecule has 3 saturated carbocycles. The first-order chi connectivity index (χ1) is 16.3. The number of aliphatic hydroxyl groups is 1. The van der Waals surface area contributed by atoms with Crippen LogP contribution in [0.2, 0.25) is 0 Å². The zero-order valence-corrected chi connectivity index (χ0v) is 21.0. The van der Waals surface area contributed by atoms with Gasteiger partial charge in [0.05, 0.1) is 6.10 Å².